The average molecular weight is 247 g/mol. The summed E-state index contributed by atoms with van der Waals surface area (Å²) in [6.45, 7) is 7.88. The summed E-state index contributed by atoms with van der Waals surface area (Å²) in [7, 11) is 0. The van der Waals surface area contributed by atoms with Gasteiger partial charge in [-0.3, -0.25) is 9.69 Å². The second-order valence-corrected chi connectivity index (χ2v) is 4.64. The molecule has 4 heteroatoms. The van der Waals surface area contributed by atoms with Crippen LogP contribution >= 0.6 is 0 Å². The van der Waals surface area contributed by atoms with E-state index in [1.54, 1.807) is 0 Å². The summed E-state index contributed by atoms with van der Waals surface area (Å²) in [5, 5.41) is 2.65. The van der Waals surface area contributed by atoms with Gasteiger partial charge in [-0.2, -0.15) is 0 Å². The molecule has 18 heavy (non-hydrogen) atoms. The molecule has 0 atom stereocenters. The van der Waals surface area contributed by atoms with Crippen LogP contribution in [0.5, 0.6) is 0 Å². The normalized spacial score (nSPS) is 16.6. The third-order valence-electron chi connectivity index (χ3n) is 3.37. The molecule has 0 spiro atoms. The number of benzene rings is 1. The van der Waals surface area contributed by atoms with Crippen molar-refractivity contribution in [1.29, 1.82) is 0 Å². The lowest BCUT2D eigenvalue weighted by atomic mass is 10.2. The highest BCUT2D eigenvalue weighted by molar-refractivity contribution is 5.72. The van der Waals surface area contributed by atoms with Gasteiger partial charge in [0.2, 0.25) is 6.41 Å². The molecule has 4 nitrogen and oxygen atoms in total. The third-order valence-corrected chi connectivity index (χ3v) is 3.37. The van der Waals surface area contributed by atoms with Crippen molar-refractivity contribution in [1.82, 2.24) is 4.90 Å². The number of carbonyl (C=O) groups is 1. The highest BCUT2D eigenvalue weighted by Crippen LogP contribution is 2.19. The van der Waals surface area contributed by atoms with E-state index in [1.807, 2.05) is 12.1 Å². The van der Waals surface area contributed by atoms with Crippen LogP contribution in [0.1, 0.15) is 13.3 Å². The Morgan fingerprint density at radius 2 is 1.83 bits per heavy atom. The molecule has 1 aliphatic heterocycles. The molecule has 0 aromatic heterocycles. The van der Waals surface area contributed by atoms with Gasteiger partial charge in [-0.25, -0.2) is 0 Å². The van der Waals surface area contributed by atoms with Crippen LogP contribution in [0.4, 0.5) is 11.4 Å². The SMILES string of the molecule is CCCN1CCN(c2ccc(NC=O)cc2)CC1. The molecule has 1 fully saturated rings. The summed E-state index contributed by atoms with van der Waals surface area (Å²) < 4.78 is 0. The summed E-state index contributed by atoms with van der Waals surface area (Å²) in [6.07, 6.45) is 1.94. The van der Waals surface area contributed by atoms with E-state index in [9.17, 15) is 4.79 Å². The topological polar surface area (TPSA) is 35.6 Å². The number of anilines is 2. The van der Waals surface area contributed by atoms with Crippen LogP contribution in [0.15, 0.2) is 24.3 Å². The standard InChI is InChI=1S/C14H21N3O/c1-2-7-16-8-10-17(11-9-16)14-5-3-13(4-6-14)15-12-18/h3-6,12H,2,7-11H2,1H3,(H,15,18). The fourth-order valence-corrected chi connectivity index (χ4v) is 2.38. The van der Waals surface area contributed by atoms with E-state index in [4.69, 9.17) is 0 Å². The van der Waals surface area contributed by atoms with Gasteiger partial charge in [-0.1, -0.05) is 6.92 Å². The van der Waals surface area contributed by atoms with E-state index in [-0.39, 0.29) is 0 Å². The number of nitrogens with one attached hydrogen (secondary N) is 1. The van der Waals surface area contributed by atoms with E-state index in [0.29, 0.717) is 6.41 Å². The first kappa shape index (κ1) is 12.9. The molecule has 1 saturated heterocycles. The largest absolute Gasteiger partial charge is 0.369 e. The van der Waals surface area contributed by atoms with E-state index in [0.717, 1.165) is 31.9 Å². The number of nitrogens with zero attached hydrogens (tertiary/aromatic N) is 2. The first-order valence-corrected chi connectivity index (χ1v) is 6.61. The van der Waals surface area contributed by atoms with Gasteiger partial charge in [0.15, 0.2) is 0 Å². The molecule has 1 N–H and O–H groups in total. The van der Waals surface area contributed by atoms with Gasteiger partial charge in [0.25, 0.3) is 0 Å². The Kier molecular flexibility index (Phi) is 4.59. The van der Waals surface area contributed by atoms with Crippen molar-refractivity contribution in [2.75, 3.05) is 42.9 Å². The first-order valence-electron chi connectivity index (χ1n) is 6.61. The first-order chi connectivity index (χ1) is 8.83. The van der Waals surface area contributed by atoms with Gasteiger partial charge in [0, 0.05) is 37.6 Å². The van der Waals surface area contributed by atoms with Gasteiger partial charge in [0.05, 0.1) is 0 Å². The minimum Gasteiger partial charge on any atom is -0.369 e. The van der Waals surface area contributed by atoms with Crippen molar-refractivity contribution < 1.29 is 4.79 Å². The fraction of sp³-hybridized carbons (Fsp3) is 0.500. The van der Waals surface area contributed by atoms with E-state index >= 15 is 0 Å². The molecule has 0 bridgehead atoms. The summed E-state index contributed by atoms with van der Waals surface area (Å²) in [4.78, 5) is 15.2. The van der Waals surface area contributed by atoms with Gasteiger partial charge in [-0.15, -0.1) is 0 Å². The monoisotopic (exact) mass is 247 g/mol. The maximum absolute atomic E-state index is 10.3. The molecule has 0 aliphatic carbocycles. The second-order valence-electron chi connectivity index (χ2n) is 4.64. The Morgan fingerprint density at radius 1 is 1.17 bits per heavy atom. The summed E-state index contributed by atoms with van der Waals surface area (Å²) >= 11 is 0. The molecular formula is C14H21N3O. The lowest BCUT2D eigenvalue weighted by molar-refractivity contribution is -0.105. The van der Waals surface area contributed by atoms with Crippen molar-refractivity contribution >= 4 is 17.8 Å². The van der Waals surface area contributed by atoms with Crippen LogP contribution in [-0.4, -0.2) is 44.0 Å². The summed E-state index contributed by atoms with van der Waals surface area (Å²) in [5.74, 6) is 0. The van der Waals surface area contributed by atoms with Crippen LogP contribution in [0.25, 0.3) is 0 Å². The van der Waals surface area contributed by atoms with E-state index < -0.39 is 0 Å². The zero-order valence-electron chi connectivity index (χ0n) is 10.9. The molecule has 1 aromatic carbocycles. The number of hydrogen-bond acceptors (Lipinski definition) is 3. The van der Waals surface area contributed by atoms with Crippen LogP contribution in [0, 0.1) is 0 Å². The summed E-state index contributed by atoms with van der Waals surface area (Å²) in [6, 6.07) is 8.03. The number of rotatable bonds is 5. The van der Waals surface area contributed by atoms with E-state index in [1.165, 1.54) is 18.7 Å². The molecular weight excluding hydrogens is 226 g/mol. The number of piperazine rings is 1. The summed E-state index contributed by atoms with van der Waals surface area (Å²) in [5.41, 5.74) is 2.08. The zero-order valence-corrected chi connectivity index (χ0v) is 10.9. The van der Waals surface area contributed by atoms with Crippen molar-refractivity contribution in [3.05, 3.63) is 24.3 Å². The third kappa shape index (κ3) is 3.23. The van der Waals surface area contributed by atoms with Gasteiger partial charge in [0.1, 0.15) is 0 Å². The maximum atomic E-state index is 10.3. The Hall–Kier alpha value is -1.55. The molecule has 1 heterocycles. The zero-order chi connectivity index (χ0) is 12.8. The highest BCUT2D eigenvalue weighted by atomic mass is 16.1. The Balaban J connectivity index is 1.90. The van der Waals surface area contributed by atoms with Crippen molar-refractivity contribution in [2.24, 2.45) is 0 Å². The molecule has 1 amide bonds. The van der Waals surface area contributed by atoms with Crippen molar-refractivity contribution in [3.63, 3.8) is 0 Å². The molecule has 0 unspecified atom stereocenters. The minimum absolute atomic E-state index is 0.707. The predicted octanol–water partition coefficient (Wildman–Crippen LogP) is 1.79. The van der Waals surface area contributed by atoms with Gasteiger partial charge in [-0.05, 0) is 37.2 Å². The minimum atomic E-state index is 0.707. The van der Waals surface area contributed by atoms with Crippen LogP contribution in [0.3, 0.4) is 0 Å². The fourth-order valence-electron chi connectivity index (χ4n) is 2.38. The van der Waals surface area contributed by atoms with Gasteiger partial charge < -0.3 is 10.2 Å². The lowest BCUT2D eigenvalue weighted by Gasteiger charge is -2.36. The smallest absolute Gasteiger partial charge is 0.211 e. The molecule has 0 radical (unpaired) electrons. The Labute approximate surface area is 109 Å². The van der Waals surface area contributed by atoms with Crippen LogP contribution in [-0.2, 0) is 4.79 Å². The van der Waals surface area contributed by atoms with Gasteiger partial charge >= 0.3 is 0 Å². The molecule has 2 rings (SSSR count). The molecule has 1 aliphatic rings. The van der Waals surface area contributed by atoms with Crippen LogP contribution in [0.2, 0.25) is 0 Å². The van der Waals surface area contributed by atoms with Crippen LogP contribution < -0.4 is 10.2 Å². The number of carbonyl (C=O) groups excluding carboxylic acids is 1. The average Bonchev–Trinajstić information content (AvgIpc) is 2.41. The quantitative estimate of drug-likeness (QED) is 0.806. The molecule has 98 valence electrons. The lowest BCUT2D eigenvalue weighted by Crippen LogP contribution is -2.46. The van der Waals surface area contributed by atoms with E-state index in [2.05, 4.69) is 34.2 Å². The molecule has 0 saturated carbocycles. The Morgan fingerprint density at radius 3 is 2.39 bits per heavy atom. The number of hydrogen-bond donors (Lipinski definition) is 1. The number of amides is 1. The maximum Gasteiger partial charge on any atom is 0.211 e. The second kappa shape index (κ2) is 6.40. The highest BCUT2D eigenvalue weighted by Gasteiger charge is 2.15. The van der Waals surface area contributed by atoms with Crippen molar-refractivity contribution in [3.8, 4) is 0 Å². The predicted molar refractivity (Wildman–Crippen MR) is 75.1 cm³/mol. The van der Waals surface area contributed by atoms with Crippen molar-refractivity contribution in [2.45, 2.75) is 13.3 Å². The molecule has 1 aromatic rings. The Bertz CT molecular complexity index is 369.